The van der Waals surface area contributed by atoms with Crippen molar-refractivity contribution in [3.63, 3.8) is 0 Å². The fourth-order valence-corrected chi connectivity index (χ4v) is 4.94. The second-order valence-corrected chi connectivity index (χ2v) is 9.31. The molecule has 0 fully saturated rings. The normalized spacial score (nSPS) is 16.9. The Hall–Kier alpha value is -3.78. The lowest BCUT2D eigenvalue weighted by Gasteiger charge is -2.33. The Kier molecular flexibility index (Phi) is 6.22. The van der Waals surface area contributed by atoms with Crippen LogP contribution in [0.15, 0.2) is 84.0 Å². The van der Waals surface area contributed by atoms with E-state index in [2.05, 4.69) is 20.9 Å². The topological polar surface area (TPSA) is 81.1 Å². The van der Waals surface area contributed by atoms with Crippen molar-refractivity contribution in [2.45, 2.75) is 36.9 Å². The van der Waals surface area contributed by atoms with Crippen LogP contribution in [0.1, 0.15) is 28.6 Å². The SMILES string of the molecule is Cc1ccc(C)c(NC(=O)[C@H]2Sc3nnc(COc4ccccc4)n3N[C@H]2c2ccccc2)c1. The molecule has 3 aromatic carbocycles. The second-order valence-electron chi connectivity index (χ2n) is 8.20. The third-order valence-electron chi connectivity index (χ3n) is 5.68. The molecule has 2 atom stereocenters. The summed E-state index contributed by atoms with van der Waals surface area (Å²) in [6, 6.07) is 25.3. The third kappa shape index (κ3) is 4.63. The van der Waals surface area contributed by atoms with Crippen molar-refractivity contribution >= 4 is 23.4 Å². The van der Waals surface area contributed by atoms with Gasteiger partial charge in [0.25, 0.3) is 0 Å². The molecule has 8 heteroatoms. The van der Waals surface area contributed by atoms with E-state index in [1.165, 1.54) is 11.8 Å². The van der Waals surface area contributed by atoms with Crippen LogP contribution in [0.25, 0.3) is 0 Å². The van der Waals surface area contributed by atoms with Crippen LogP contribution in [0.5, 0.6) is 5.75 Å². The third-order valence-corrected chi connectivity index (χ3v) is 6.90. The molecule has 1 aliphatic heterocycles. The quantitative estimate of drug-likeness (QED) is 0.418. The maximum absolute atomic E-state index is 13.5. The fourth-order valence-electron chi connectivity index (χ4n) is 3.84. The molecule has 5 rings (SSSR count). The minimum absolute atomic E-state index is 0.0867. The van der Waals surface area contributed by atoms with Gasteiger partial charge in [-0.15, -0.1) is 10.2 Å². The highest BCUT2D eigenvalue weighted by Gasteiger charge is 2.38. The second kappa shape index (κ2) is 9.61. The van der Waals surface area contributed by atoms with Crippen molar-refractivity contribution in [1.29, 1.82) is 0 Å². The van der Waals surface area contributed by atoms with E-state index in [4.69, 9.17) is 4.74 Å². The van der Waals surface area contributed by atoms with Gasteiger partial charge in [0.1, 0.15) is 17.6 Å². The van der Waals surface area contributed by atoms with Crippen LogP contribution in [-0.4, -0.2) is 26.0 Å². The van der Waals surface area contributed by atoms with E-state index >= 15 is 0 Å². The first-order valence-electron chi connectivity index (χ1n) is 11.1. The number of aryl methyl sites for hydroxylation is 2. The van der Waals surface area contributed by atoms with Gasteiger partial charge in [0.05, 0.1) is 6.04 Å². The summed E-state index contributed by atoms with van der Waals surface area (Å²) < 4.78 is 7.71. The van der Waals surface area contributed by atoms with Crippen molar-refractivity contribution in [2.24, 2.45) is 0 Å². The highest BCUT2D eigenvalue weighted by Crippen LogP contribution is 2.37. The minimum atomic E-state index is -0.443. The lowest BCUT2D eigenvalue weighted by atomic mass is 10.0. The smallest absolute Gasteiger partial charge is 0.240 e. The standard InChI is InChI=1S/C26H25N5O2S/c1-17-13-14-18(2)21(15-17)27-25(32)24-23(19-9-5-3-6-10-19)30-31-22(28-29-26(31)34-24)16-33-20-11-7-4-8-12-20/h3-15,23-24,30H,16H2,1-2H3,(H,27,32)/t23-,24-/m0/s1. The van der Waals surface area contributed by atoms with E-state index in [0.717, 1.165) is 28.1 Å². The first-order chi connectivity index (χ1) is 16.6. The number of aromatic nitrogens is 3. The number of nitrogens with zero attached hydrogens (tertiary/aromatic N) is 3. The van der Waals surface area contributed by atoms with Gasteiger partial charge >= 0.3 is 0 Å². The van der Waals surface area contributed by atoms with Crippen molar-refractivity contribution in [3.8, 4) is 5.75 Å². The summed E-state index contributed by atoms with van der Waals surface area (Å²) in [5.74, 6) is 1.31. The number of anilines is 1. The molecule has 172 valence electrons. The molecule has 0 saturated heterocycles. The van der Waals surface area contributed by atoms with Crippen LogP contribution < -0.4 is 15.5 Å². The molecule has 34 heavy (non-hydrogen) atoms. The predicted octanol–water partition coefficient (Wildman–Crippen LogP) is 4.87. The van der Waals surface area contributed by atoms with Crippen LogP contribution >= 0.6 is 11.8 Å². The summed E-state index contributed by atoms with van der Waals surface area (Å²) >= 11 is 1.40. The Morgan fingerprint density at radius 2 is 1.76 bits per heavy atom. The van der Waals surface area contributed by atoms with Gasteiger partial charge in [0, 0.05) is 5.69 Å². The molecule has 1 amide bonds. The summed E-state index contributed by atoms with van der Waals surface area (Å²) in [6.07, 6.45) is 0. The van der Waals surface area contributed by atoms with Gasteiger partial charge in [-0.3, -0.25) is 4.79 Å². The number of benzene rings is 3. The number of thioether (sulfide) groups is 1. The van der Waals surface area contributed by atoms with E-state index in [-0.39, 0.29) is 18.6 Å². The van der Waals surface area contributed by atoms with Crippen LogP contribution in [0, 0.1) is 13.8 Å². The highest BCUT2D eigenvalue weighted by atomic mass is 32.2. The molecule has 1 aliphatic rings. The number of carbonyl (C=O) groups excluding carboxylic acids is 1. The molecule has 0 spiro atoms. The Morgan fingerprint density at radius 1 is 1.03 bits per heavy atom. The molecule has 0 aliphatic carbocycles. The molecule has 0 saturated carbocycles. The zero-order chi connectivity index (χ0) is 23.5. The first-order valence-corrected chi connectivity index (χ1v) is 11.9. The van der Waals surface area contributed by atoms with Crippen molar-refractivity contribution in [1.82, 2.24) is 14.9 Å². The summed E-state index contributed by atoms with van der Waals surface area (Å²) in [5.41, 5.74) is 7.41. The van der Waals surface area contributed by atoms with Crippen LogP contribution in [0.2, 0.25) is 0 Å². The Balaban J connectivity index is 1.42. The van der Waals surface area contributed by atoms with Crippen LogP contribution in [0.4, 0.5) is 5.69 Å². The molecule has 1 aromatic heterocycles. The number of amides is 1. The molecule has 7 nitrogen and oxygen atoms in total. The molecule has 0 bridgehead atoms. The van der Waals surface area contributed by atoms with Gasteiger partial charge in [0.15, 0.2) is 5.82 Å². The summed E-state index contributed by atoms with van der Waals surface area (Å²) in [5, 5.41) is 11.9. The molecule has 2 N–H and O–H groups in total. The van der Waals surface area contributed by atoms with Gasteiger partial charge in [0.2, 0.25) is 11.1 Å². The van der Waals surface area contributed by atoms with Crippen LogP contribution in [0.3, 0.4) is 0 Å². The van der Waals surface area contributed by atoms with E-state index < -0.39 is 5.25 Å². The van der Waals surface area contributed by atoms with Gasteiger partial charge in [-0.05, 0) is 48.7 Å². The number of hydrogen-bond acceptors (Lipinski definition) is 6. The first kappa shape index (κ1) is 22.0. The van der Waals surface area contributed by atoms with Crippen molar-refractivity contribution < 1.29 is 9.53 Å². The largest absolute Gasteiger partial charge is 0.486 e. The molecular formula is C26H25N5O2S. The minimum Gasteiger partial charge on any atom is -0.486 e. The number of nitrogens with one attached hydrogen (secondary N) is 2. The van der Waals surface area contributed by atoms with Crippen LogP contribution in [-0.2, 0) is 11.4 Å². The zero-order valence-electron chi connectivity index (χ0n) is 18.9. The monoisotopic (exact) mass is 471 g/mol. The lowest BCUT2D eigenvalue weighted by Crippen LogP contribution is -2.41. The Bertz CT molecular complexity index is 1290. The van der Waals surface area contributed by atoms with E-state index in [1.807, 2.05) is 97.4 Å². The number of carbonyl (C=O) groups is 1. The zero-order valence-corrected chi connectivity index (χ0v) is 19.8. The number of fused-ring (bicyclic) bond motifs is 1. The summed E-state index contributed by atoms with van der Waals surface area (Å²) in [4.78, 5) is 13.5. The average Bonchev–Trinajstić information content (AvgIpc) is 3.27. The lowest BCUT2D eigenvalue weighted by molar-refractivity contribution is -0.116. The maximum atomic E-state index is 13.5. The van der Waals surface area contributed by atoms with E-state index in [9.17, 15) is 4.79 Å². The highest BCUT2D eigenvalue weighted by molar-refractivity contribution is 8.00. The van der Waals surface area contributed by atoms with Gasteiger partial charge in [-0.2, -0.15) is 0 Å². The number of hydrogen-bond donors (Lipinski definition) is 2. The van der Waals surface area contributed by atoms with E-state index in [0.29, 0.717) is 11.0 Å². The molecule has 2 heterocycles. The van der Waals surface area contributed by atoms with Gasteiger partial charge in [-0.1, -0.05) is 72.4 Å². The fraction of sp³-hybridized carbons (Fsp3) is 0.192. The van der Waals surface area contributed by atoms with Gasteiger partial charge in [-0.25, -0.2) is 4.68 Å². The Morgan fingerprint density at radius 3 is 2.53 bits per heavy atom. The predicted molar refractivity (Wildman–Crippen MR) is 134 cm³/mol. The average molecular weight is 472 g/mol. The maximum Gasteiger partial charge on any atom is 0.240 e. The molecule has 4 aromatic rings. The summed E-state index contributed by atoms with van der Waals surface area (Å²) in [6.45, 7) is 4.26. The molecular weight excluding hydrogens is 446 g/mol. The molecule has 0 unspecified atom stereocenters. The Labute approximate surface area is 202 Å². The number of rotatable bonds is 6. The number of ether oxygens (including phenoxy) is 1. The van der Waals surface area contributed by atoms with Gasteiger partial charge < -0.3 is 15.5 Å². The van der Waals surface area contributed by atoms with E-state index in [1.54, 1.807) is 0 Å². The van der Waals surface area contributed by atoms with Crippen molar-refractivity contribution in [3.05, 3.63) is 101 Å². The molecule has 0 radical (unpaired) electrons. The van der Waals surface area contributed by atoms with Crippen molar-refractivity contribution in [2.75, 3.05) is 10.7 Å². The number of para-hydroxylation sites is 1. The summed E-state index contributed by atoms with van der Waals surface area (Å²) in [7, 11) is 0.